The Morgan fingerprint density at radius 3 is 1.50 bits per heavy atom. The SMILES string of the molecule is CC(C)(C)Oc1cccc(OC(C)(C)C)n1. The molecule has 0 aliphatic rings. The number of ether oxygens (including phenoxy) is 2. The van der Waals surface area contributed by atoms with E-state index in [1.807, 2.05) is 59.7 Å². The second-order valence-electron chi connectivity index (χ2n) is 5.74. The van der Waals surface area contributed by atoms with Crippen molar-refractivity contribution in [3.8, 4) is 11.8 Å². The van der Waals surface area contributed by atoms with Crippen molar-refractivity contribution in [1.82, 2.24) is 4.98 Å². The molecule has 0 N–H and O–H groups in total. The number of rotatable bonds is 2. The van der Waals surface area contributed by atoms with Crippen LogP contribution in [0.1, 0.15) is 41.5 Å². The lowest BCUT2D eigenvalue weighted by molar-refractivity contribution is 0.108. The number of hydrogen-bond donors (Lipinski definition) is 0. The van der Waals surface area contributed by atoms with Crippen molar-refractivity contribution in [2.45, 2.75) is 52.7 Å². The fourth-order valence-electron chi connectivity index (χ4n) is 1.14. The molecule has 1 rings (SSSR count). The van der Waals surface area contributed by atoms with E-state index in [1.165, 1.54) is 0 Å². The van der Waals surface area contributed by atoms with Crippen LogP contribution in [-0.4, -0.2) is 16.2 Å². The van der Waals surface area contributed by atoms with E-state index in [0.717, 1.165) is 0 Å². The van der Waals surface area contributed by atoms with E-state index in [0.29, 0.717) is 11.8 Å². The highest BCUT2D eigenvalue weighted by Crippen LogP contribution is 2.21. The summed E-state index contributed by atoms with van der Waals surface area (Å²) in [5, 5.41) is 0. The van der Waals surface area contributed by atoms with Crippen molar-refractivity contribution in [2.75, 3.05) is 0 Å². The molecule has 1 heterocycles. The number of hydrogen-bond acceptors (Lipinski definition) is 3. The molecule has 1 aromatic rings. The molecule has 90 valence electrons. The second-order valence-corrected chi connectivity index (χ2v) is 5.74. The van der Waals surface area contributed by atoms with Crippen molar-refractivity contribution in [3.63, 3.8) is 0 Å². The predicted octanol–water partition coefficient (Wildman–Crippen LogP) is 3.44. The van der Waals surface area contributed by atoms with Crippen molar-refractivity contribution in [1.29, 1.82) is 0 Å². The van der Waals surface area contributed by atoms with Gasteiger partial charge in [-0.2, -0.15) is 4.98 Å². The Hall–Kier alpha value is -1.25. The van der Waals surface area contributed by atoms with Crippen LogP contribution >= 0.6 is 0 Å². The molecule has 16 heavy (non-hydrogen) atoms. The number of pyridine rings is 1. The Morgan fingerprint density at radius 2 is 1.19 bits per heavy atom. The van der Waals surface area contributed by atoms with Crippen LogP contribution in [0.4, 0.5) is 0 Å². The van der Waals surface area contributed by atoms with Crippen LogP contribution in [0.2, 0.25) is 0 Å². The fraction of sp³-hybridized carbons (Fsp3) is 0.615. The predicted molar refractivity (Wildman–Crippen MR) is 65.0 cm³/mol. The summed E-state index contributed by atoms with van der Waals surface area (Å²) >= 11 is 0. The Morgan fingerprint density at radius 1 is 0.812 bits per heavy atom. The van der Waals surface area contributed by atoms with Gasteiger partial charge in [0.25, 0.3) is 0 Å². The van der Waals surface area contributed by atoms with E-state index in [4.69, 9.17) is 9.47 Å². The molecule has 0 radical (unpaired) electrons. The Kier molecular flexibility index (Phi) is 3.46. The normalized spacial score (nSPS) is 12.4. The number of nitrogens with zero attached hydrogens (tertiary/aromatic N) is 1. The van der Waals surface area contributed by atoms with Crippen LogP contribution in [0.25, 0.3) is 0 Å². The fourth-order valence-corrected chi connectivity index (χ4v) is 1.14. The van der Waals surface area contributed by atoms with Crippen LogP contribution in [0, 0.1) is 0 Å². The number of aromatic nitrogens is 1. The van der Waals surface area contributed by atoms with Crippen LogP contribution in [-0.2, 0) is 0 Å². The van der Waals surface area contributed by atoms with Gasteiger partial charge in [0.15, 0.2) is 0 Å². The van der Waals surface area contributed by atoms with Crippen LogP contribution < -0.4 is 9.47 Å². The van der Waals surface area contributed by atoms with Gasteiger partial charge in [-0.05, 0) is 41.5 Å². The first-order chi connectivity index (χ1) is 7.16. The minimum atomic E-state index is -0.243. The average molecular weight is 223 g/mol. The highest BCUT2D eigenvalue weighted by atomic mass is 16.5. The van der Waals surface area contributed by atoms with Crippen molar-refractivity contribution in [3.05, 3.63) is 18.2 Å². The quantitative estimate of drug-likeness (QED) is 0.769. The minimum absolute atomic E-state index is 0.243. The smallest absolute Gasteiger partial charge is 0.217 e. The van der Waals surface area contributed by atoms with E-state index in [2.05, 4.69) is 4.98 Å². The summed E-state index contributed by atoms with van der Waals surface area (Å²) in [4.78, 5) is 4.30. The van der Waals surface area contributed by atoms with Crippen LogP contribution in [0.5, 0.6) is 11.8 Å². The Bertz CT molecular complexity index is 316. The third-order valence-electron chi connectivity index (χ3n) is 1.52. The van der Waals surface area contributed by atoms with E-state index >= 15 is 0 Å². The maximum absolute atomic E-state index is 5.67. The summed E-state index contributed by atoms with van der Waals surface area (Å²) < 4.78 is 11.3. The van der Waals surface area contributed by atoms with Gasteiger partial charge in [-0.15, -0.1) is 0 Å². The molecule has 0 unspecified atom stereocenters. The molecule has 0 bridgehead atoms. The van der Waals surface area contributed by atoms with Crippen LogP contribution in [0.3, 0.4) is 0 Å². The van der Waals surface area contributed by atoms with Gasteiger partial charge in [-0.25, -0.2) is 0 Å². The Balaban J connectivity index is 2.79. The zero-order valence-corrected chi connectivity index (χ0v) is 11.0. The first-order valence-electron chi connectivity index (χ1n) is 5.51. The molecule has 0 spiro atoms. The van der Waals surface area contributed by atoms with E-state index in [-0.39, 0.29) is 11.2 Å². The molecular formula is C13H21NO2. The topological polar surface area (TPSA) is 31.4 Å². The summed E-state index contributed by atoms with van der Waals surface area (Å²) in [6, 6.07) is 5.55. The molecule has 0 amide bonds. The zero-order chi connectivity index (χ0) is 12.4. The van der Waals surface area contributed by atoms with Crippen molar-refractivity contribution in [2.24, 2.45) is 0 Å². The van der Waals surface area contributed by atoms with Gasteiger partial charge in [0.2, 0.25) is 11.8 Å². The molecule has 0 aromatic carbocycles. The van der Waals surface area contributed by atoms with Crippen molar-refractivity contribution < 1.29 is 9.47 Å². The monoisotopic (exact) mass is 223 g/mol. The lowest BCUT2D eigenvalue weighted by atomic mass is 10.2. The third-order valence-corrected chi connectivity index (χ3v) is 1.52. The first-order valence-corrected chi connectivity index (χ1v) is 5.51. The molecule has 0 aliphatic carbocycles. The van der Waals surface area contributed by atoms with E-state index < -0.39 is 0 Å². The first kappa shape index (κ1) is 12.8. The molecule has 0 atom stereocenters. The van der Waals surface area contributed by atoms with E-state index in [1.54, 1.807) is 0 Å². The lowest BCUT2D eigenvalue weighted by Crippen LogP contribution is -2.25. The summed E-state index contributed by atoms with van der Waals surface area (Å²) in [5.41, 5.74) is -0.485. The largest absolute Gasteiger partial charge is 0.472 e. The summed E-state index contributed by atoms with van der Waals surface area (Å²) in [5.74, 6) is 1.18. The van der Waals surface area contributed by atoms with Gasteiger partial charge < -0.3 is 9.47 Å². The highest BCUT2D eigenvalue weighted by molar-refractivity contribution is 5.20. The third kappa shape index (κ3) is 5.01. The Labute approximate surface area is 97.8 Å². The summed E-state index contributed by atoms with van der Waals surface area (Å²) in [7, 11) is 0. The second kappa shape index (κ2) is 4.32. The minimum Gasteiger partial charge on any atom is -0.472 e. The molecule has 0 fully saturated rings. The maximum Gasteiger partial charge on any atom is 0.217 e. The molecule has 1 aromatic heterocycles. The van der Waals surface area contributed by atoms with Gasteiger partial charge in [0.05, 0.1) is 0 Å². The van der Waals surface area contributed by atoms with Gasteiger partial charge in [-0.1, -0.05) is 6.07 Å². The molecule has 0 saturated heterocycles. The van der Waals surface area contributed by atoms with Gasteiger partial charge in [0.1, 0.15) is 11.2 Å². The van der Waals surface area contributed by atoms with Gasteiger partial charge in [-0.3, -0.25) is 0 Å². The van der Waals surface area contributed by atoms with Crippen LogP contribution in [0.15, 0.2) is 18.2 Å². The molecular weight excluding hydrogens is 202 g/mol. The van der Waals surface area contributed by atoms with Crippen molar-refractivity contribution >= 4 is 0 Å². The standard InChI is InChI=1S/C13H21NO2/c1-12(2,3)15-10-8-7-9-11(14-10)16-13(4,5)6/h7-9H,1-6H3. The molecule has 3 nitrogen and oxygen atoms in total. The maximum atomic E-state index is 5.67. The molecule has 0 saturated carbocycles. The average Bonchev–Trinajstić information content (AvgIpc) is 1.96. The summed E-state index contributed by atoms with van der Waals surface area (Å²) in [6.45, 7) is 12.0. The van der Waals surface area contributed by atoms with Gasteiger partial charge in [0, 0.05) is 12.1 Å². The van der Waals surface area contributed by atoms with Gasteiger partial charge >= 0.3 is 0 Å². The highest BCUT2D eigenvalue weighted by Gasteiger charge is 2.15. The zero-order valence-electron chi connectivity index (χ0n) is 11.0. The molecule has 3 heteroatoms. The molecule has 0 aliphatic heterocycles. The van der Waals surface area contributed by atoms with E-state index in [9.17, 15) is 0 Å². The lowest BCUT2D eigenvalue weighted by Gasteiger charge is -2.23. The summed E-state index contributed by atoms with van der Waals surface area (Å²) in [6.07, 6.45) is 0.